The van der Waals surface area contributed by atoms with Crippen LogP contribution in [0.15, 0.2) is 26.9 Å². The summed E-state index contributed by atoms with van der Waals surface area (Å²) >= 11 is 3.24. The number of nitrogens with zero attached hydrogens (tertiary/aromatic N) is 2. The SMILES string of the molecule is CN=CC(C=[N-])=C(NC)C(Br)=CN. The highest BCUT2D eigenvalue weighted by Gasteiger charge is 2.01. The minimum Gasteiger partial charge on any atom is -0.810 e. The van der Waals surface area contributed by atoms with Crippen molar-refractivity contribution in [3.05, 3.63) is 27.4 Å². The van der Waals surface area contributed by atoms with Gasteiger partial charge in [0.25, 0.3) is 0 Å². The zero-order chi connectivity index (χ0) is 10.3. The zero-order valence-corrected chi connectivity index (χ0v) is 9.17. The van der Waals surface area contributed by atoms with E-state index in [2.05, 4.69) is 26.2 Å². The van der Waals surface area contributed by atoms with E-state index in [0.29, 0.717) is 15.8 Å². The Morgan fingerprint density at radius 3 is 2.54 bits per heavy atom. The lowest BCUT2D eigenvalue weighted by Gasteiger charge is -2.09. The van der Waals surface area contributed by atoms with Crippen molar-refractivity contribution in [1.29, 1.82) is 0 Å². The topological polar surface area (TPSA) is 72.7 Å². The smallest absolute Gasteiger partial charge is 0.0567 e. The molecule has 0 atom stereocenters. The van der Waals surface area contributed by atoms with Crippen molar-refractivity contribution in [3.8, 4) is 0 Å². The number of rotatable bonds is 4. The molecule has 72 valence electrons. The predicted molar refractivity (Wildman–Crippen MR) is 61.1 cm³/mol. The number of nitrogens with two attached hydrogens (primary N) is 1. The lowest BCUT2D eigenvalue weighted by Crippen LogP contribution is -2.11. The van der Waals surface area contributed by atoms with E-state index in [4.69, 9.17) is 11.1 Å². The molecule has 0 saturated heterocycles. The first-order chi connectivity index (χ1) is 6.21. The first kappa shape index (κ1) is 11.9. The van der Waals surface area contributed by atoms with Crippen LogP contribution in [0.4, 0.5) is 0 Å². The molecule has 0 aromatic carbocycles. The quantitative estimate of drug-likeness (QED) is 0.571. The maximum absolute atomic E-state index is 8.90. The molecule has 0 amide bonds. The van der Waals surface area contributed by atoms with Crippen molar-refractivity contribution in [2.24, 2.45) is 10.7 Å². The molecule has 0 rings (SSSR count). The highest BCUT2D eigenvalue weighted by Crippen LogP contribution is 2.15. The van der Waals surface area contributed by atoms with Crippen LogP contribution >= 0.6 is 15.9 Å². The largest absolute Gasteiger partial charge is 0.810 e. The van der Waals surface area contributed by atoms with Crippen molar-refractivity contribution in [2.45, 2.75) is 0 Å². The second-order valence-electron chi connectivity index (χ2n) is 2.11. The summed E-state index contributed by atoms with van der Waals surface area (Å²) in [4.78, 5) is 3.79. The summed E-state index contributed by atoms with van der Waals surface area (Å²) in [6.07, 6.45) is 3.87. The molecule has 5 heteroatoms. The third kappa shape index (κ3) is 3.42. The molecule has 13 heavy (non-hydrogen) atoms. The van der Waals surface area contributed by atoms with Crippen LogP contribution in [-0.4, -0.2) is 26.5 Å². The number of aliphatic imine (C=N–C) groups is 1. The number of hydrogen-bond donors (Lipinski definition) is 2. The molecule has 0 unspecified atom stereocenters. The maximum Gasteiger partial charge on any atom is 0.0567 e. The van der Waals surface area contributed by atoms with Gasteiger partial charge < -0.3 is 16.5 Å². The van der Waals surface area contributed by atoms with Gasteiger partial charge in [0.05, 0.1) is 10.2 Å². The van der Waals surface area contributed by atoms with Crippen LogP contribution in [0.5, 0.6) is 0 Å². The minimum atomic E-state index is 0.554. The summed E-state index contributed by atoms with van der Waals surface area (Å²) in [6, 6.07) is 0. The van der Waals surface area contributed by atoms with Gasteiger partial charge in [-0.3, -0.25) is 4.99 Å². The molecule has 0 aliphatic heterocycles. The van der Waals surface area contributed by atoms with Crippen molar-refractivity contribution in [2.75, 3.05) is 14.1 Å². The molecular formula is C8H12BrN4-. The highest BCUT2D eigenvalue weighted by molar-refractivity contribution is 9.12. The van der Waals surface area contributed by atoms with Crippen LogP contribution < -0.4 is 11.1 Å². The third-order valence-corrected chi connectivity index (χ3v) is 1.99. The normalized spacial score (nSPS) is 14.2. The van der Waals surface area contributed by atoms with Crippen molar-refractivity contribution in [1.82, 2.24) is 5.32 Å². The first-order valence-corrected chi connectivity index (χ1v) is 4.39. The summed E-state index contributed by atoms with van der Waals surface area (Å²) in [5.41, 5.74) is 6.54. The number of halogens is 1. The Kier molecular flexibility index (Phi) is 5.88. The van der Waals surface area contributed by atoms with Gasteiger partial charge in [0.15, 0.2) is 0 Å². The maximum atomic E-state index is 8.90. The predicted octanol–water partition coefficient (Wildman–Crippen LogP) is 0.996. The zero-order valence-electron chi connectivity index (χ0n) is 7.58. The van der Waals surface area contributed by atoms with Gasteiger partial charge in [0.2, 0.25) is 0 Å². The van der Waals surface area contributed by atoms with Crippen molar-refractivity contribution < 1.29 is 0 Å². The molecular weight excluding hydrogens is 232 g/mol. The molecule has 4 nitrogen and oxygen atoms in total. The third-order valence-electron chi connectivity index (χ3n) is 1.33. The monoisotopic (exact) mass is 243 g/mol. The Morgan fingerprint density at radius 2 is 2.23 bits per heavy atom. The minimum absolute atomic E-state index is 0.554. The highest BCUT2D eigenvalue weighted by atomic mass is 79.9. The molecule has 3 N–H and O–H groups in total. The summed E-state index contributed by atoms with van der Waals surface area (Å²) in [5.74, 6) is 0. The van der Waals surface area contributed by atoms with Gasteiger partial charge >= 0.3 is 0 Å². The molecule has 0 aromatic rings. The standard InChI is InChI=1S/C8H12BrN4/c1-12-5-6(3-10)8(13-2)7(9)4-11/h3-5,13H,11H2,1-2H3/q-1. The molecule has 0 spiro atoms. The Bertz CT molecular complexity index is 265. The summed E-state index contributed by atoms with van der Waals surface area (Å²) < 4.78 is 0.662. The molecule has 0 bridgehead atoms. The Labute approximate surface area is 86.3 Å². The van der Waals surface area contributed by atoms with Gasteiger partial charge in [-0.2, -0.15) is 6.21 Å². The molecule has 0 heterocycles. The van der Waals surface area contributed by atoms with Gasteiger partial charge in [0.1, 0.15) is 0 Å². The van der Waals surface area contributed by atoms with Crippen LogP contribution in [0.2, 0.25) is 0 Å². The van der Waals surface area contributed by atoms with E-state index in [1.54, 1.807) is 14.1 Å². The van der Waals surface area contributed by atoms with E-state index >= 15 is 0 Å². The summed E-state index contributed by atoms with van der Waals surface area (Å²) in [6.45, 7) is 0. The van der Waals surface area contributed by atoms with Crippen LogP contribution in [0.25, 0.3) is 5.41 Å². The van der Waals surface area contributed by atoms with Crippen LogP contribution in [0.1, 0.15) is 0 Å². The van der Waals surface area contributed by atoms with E-state index in [9.17, 15) is 0 Å². The summed E-state index contributed by atoms with van der Waals surface area (Å²) in [7, 11) is 3.35. The number of likely N-dealkylation sites (N-methyl/N-ethyl adjacent to an activating group) is 1. The van der Waals surface area contributed by atoms with Gasteiger partial charge in [0, 0.05) is 26.5 Å². The van der Waals surface area contributed by atoms with Gasteiger partial charge in [-0.25, -0.2) is 0 Å². The van der Waals surface area contributed by atoms with E-state index in [1.165, 1.54) is 12.4 Å². The van der Waals surface area contributed by atoms with E-state index in [-0.39, 0.29) is 0 Å². The van der Waals surface area contributed by atoms with Crippen molar-refractivity contribution >= 4 is 28.4 Å². The Balaban J connectivity index is 5.17. The number of allylic oxidation sites excluding steroid dienone is 2. The molecule has 0 aromatic heterocycles. The molecule has 0 radical (unpaired) electrons. The fraction of sp³-hybridized carbons (Fsp3) is 0.250. The molecule has 0 aliphatic rings. The van der Waals surface area contributed by atoms with E-state index < -0.39 is 0 Å². The first-order valence-electron chi connectivity index (χ1n) is 3.60. The van der Waals surface area contributed by atoms with Gasteiger partial charge in [-0.15, -0.1) is 0 Å². The van der Waals surface area contributed by atoms with Crippen LogP contribution in [0, 0.1) is 0 Å². The lowest BCUT2D eigenvalue weighted by molar-refractivity contribution is 1.02. The second kappa shape index (κ2) is 6.42. The average molecular weight is 244 g/mol. The average Bonchev–Trinajstić information content (AvgIpc) is 2.17. The van der Waals surface area contributed by atoms with Crippen LogP contribution in [0.3, 0.4) is 0 Å². The Hall–Kier alpha value is -1.10. The molecule has 0 saturated carbocycles. The fourth-order valence-corrected chi connectivity index (χ4v) is 1.21. The van der Waals surface area contributed by atoms with Gasteiger partial charge in [-0.1, -0.05) is 0 Å². The Morgan fingerprint density at radius 1 is 1.62 bits per heavy atom. The molecule has 0 fully saturated rings. The number of nitrogens with one attached hydrogen (secondary N) is 1. The number of hydrogen-bond acceptors (Lipinski definition) is 3. The second-order valence-corrected chi connectivity index (χ2v) is 2.97. The fourth-order valence-electron chi connectivity index (χ4n) is 0.786. The lowest BCUT2D eigenvalue weighted by atomic mass is 10.2. The van der Waals surface area contributed by atoms with Crippen LogP contribution in [-0.2, 0) is 0 Å². The van der Waals surface area contributed by atoms with Gasteiger partial charge in [-0.05, 0) is 21.5 Å². The summed E-state index contributed by atoms with van der Waals surface area (Å²) in [5, 5.41) is 11.8. The van der Waals surface area contributed by atoms with E-state index in [0.717, 1.165) is 6.21 Å². The van der Waals surface area contributed by atoms with E-state index in [1.807, 2.05) is 0 Å². The van der Waals surface area contributed by atoms with Crippen molar-refractivity contribution in [3.63, 3.8) is 0 Å². The molecule has 0 aliphatic carbocycles.